The van der Waals surface area contributed by atoms with E-state index in [0.29, 0.717) is 12.7 Å². The molecule has 14 heteroatoms. The van der Waals surface area contributed by atoms with Crippen molar-refractivity contribution in [3.63, 3.8) is 0 Å². The van der Waals surface area contributed by atoms with Crippen LogP contribution in [-0.2, 0) is 14.3 Å². The molecule has 2 N–H and O–H groups in total. The number of phenols is 1. The Morgan fingerprint density at radius 3 is 2.15 bits per heavy atom. The van der Waals surface area contributed by atoms with Crippen molar-refractivity contribution in [2.45, 2.75) is 44.5 Å². The second-order valence-corrected chi connectivity index (χ2v) is 12.3. The zero-order valence-corrected chi connectivity index (χ0v) is 28.3. The summed E-state index contributed by atoms with van der Waals surface area (Å²) in [6.07, 6.45) is 0.918. The monoisotopic (exact) mass is 702 g/mol. The number of halogens is 2. The van der Waals surface area contributed by atoms with Crippen molar-refractivity contribution in [1.29, 1.82) is 0 Å². The fourth-order valence-electron chi connectivity index (χ4n) is 6.85. The Labute approximate surface area is 285 Å². The van der Waals surface area contributed by atoms with E-state index in [4.69, 9.17) is 51.6 Å². The summed E-state index contributed by atoms with van der Waals surface area (Å²) < 4.78 is 32.7. The van der Waals surface area contributed by atoms with Crippen LogP contribution in [0.5, 0.6) is 34.5 Å². The molecular weight excluding hydrogens is 671 g/mol. The van der Waals surface area contributed by atoms with Gasteiger partial charge in [0.25, 0.3) is 5.79 Å². The summed E-state index contributed by atoms with van der Waals surface area (Å²) in [5.41, 5.74) is -1.72. The molecule has 1 saturated carbocycles. The van der Waals surface area contributed by atoms with Crippen LogP contribution in [0.15, 0.2) is 23.5 Å². The Hall–Kier alpha value is -4.44. The van der Waals surface area contributed by atoms with Crippen LogP contribution < -0.4 is 23.7 Å². The molecule has 2 heterocycles. The summed E-state index contributed by atoms with van der Waals surface area (Å²) in [6, 6.07) is 2.90. The molecule has 4 aliphatic rings. The maximum Gasteiger partial charge on any atom is 0.267 e. The summed E-state index contributed by atoms with van der Waals surface area (Å²) in [6.45, 7) is 3.30. The van der Waals surface area contributed by atoms with E-state index in [1.165, 1.54) is 40.6 Å². The van der Waals surface area contributed by atoms with E-state index in [-0.39, 0.29) is 91.4 Å². The average Bonchev–Trinajstić information content (AvgIpc) is 3.26. The Morgan fingerprint density at radius 2 is 1.54 bits per heavy atom. The molecule has 2 unspecified atom stereocenters. The number of allylic oxidation sites excluding steroid dienone is 2. The van der Waals surface area contributed by atoms with Gasteiger partial charge in [0, 0.05) is 43.2 Å². The van der Waals surface area contributed by atoms with Crippen LogP contribution in [0.25, 0.3) is 0 Å². The lowest BCUT2D eigenvalue weighted by molar-refractivity contribution is -0.305. The van der Waals surface area contributed by atoms with Crippen molar-refractivity contribution in [2.75, 3.05) is 28.4 Å². The highest BCUT2D eigenvalue weighted by Crippen LogP contribution is 2.61. The zero-order chi connectivity index (χ0) is 35.3. The SMILES string of the molecule is COc1cc(OC)c(C=O)c(O)c1Cl.COc1cc(OC)c2c(c1Cl)O[C@@]1(C2=O)[C@H](C)CC(=O)C2C(C)C3=C(C#CCCC3=O)O[C@@]21O. The molecule has 2 aliphatic heterocycles. The maximum atomic E-state index is 14.1. The highest BCUT2D eigenvalue weighted by molar-refractivity contribution is 6.35. The van der Waals surface area contributed by atoms with Gasteiger partial charge in [-0.1, -0.05) is 43.0 Å². The Morgan fingerprint density at radius 1 is 0.938 bits per heavy atom. The number of rotatable bonds is 5. The summed E-state index contributed by atoms with van der Waals surface area (Å²) in [5.74, 6) is -0.240. The number of ketones is 3. The van der Waals surface area contributed by atoms with E-state index < -0.39 is 34.9 Å². The van der Waals surface area contributed by atoms with Gasteiger partial charge in [-0.25, -0.2) is 0 Å². The van der Waals surface area contributed by atoms with Gasteiger partial charge in [-0.15, -0.1) is 0 Å². The van der Waals surface area contributed by atoms with Crippen LogP contribution in [0.2, 0.25) is 10.0 Å². The van der Waals surface area contributed by atoms with Gasteiger partial charge in [-0.05, 0) is 5.92 Å². The quantitative estimate of drug-likeness (QED) is 0.325. The van der Waals surface area contributed by atoms with E-state index in [1.807, 2.05) is 0 Å². The van der Waals surface area contributed by atoms with Crippen LogP contribution >= 0.6 is 23.2 Å². The second kappa shape index (κ2) is 12.9. The maximum absolute atomic E-state index is 14.1. The van der Waals surface area contributed by atoms with Crippen LogP contribution in [0, 0.1) is 29.6 Å². The lowest BCUT2D eigenvalue weighted by atomic mass is 9.59. The molecule has 0 aromatic heterocycles. The predicted molar refractivity (Wildman–Crippen MR) is 170 cm³/mol. The van der Waals surface area contributed by atoms with Gasteiger partial charge in [0.15, 0.2) is 29.3 Å². The third kappa shape index (κ3) is 4.95. The number of aldehydes is 1. The van der Waals surface area contributed by atoms with Crippen molar-refractivity contribution in [1.82, 2.24) is 0 Å². The van der Waals surface area contributed by atoms with E-state index in [2.05, 4.69) is 11.8 Å². The van der Waals surface area contributed by atoms with E-state index in [0.717, 1.165) is 0 Å². The standard InChI is InChI=1S/C25H23ClO8.C9H9ClO4/c1-11-9-14(28)20-12(2)18-13(27)7-5-6-8-15(18)33-25(20,30)24(11)23(29)19-16(31-3)10-17(32-4)21(26)22(19)34-24;1-13-6-3-7(14-2)8(10)9(12)5(6)4-11/h10-12,20,30H,5,7,9H2,1-4H3;3-4,12H,1-2H3/t11-,12?,20?,24-,25+;/m1./s1. The van der Waals surface area contributed by atoms with Crippen molar-refractivity contribution in [2.24, 2.45) is 17.8 Å². The number of hydrogen-bond acceptors (Lipinski definition) is 12. The topological polar surface area (TPSA) is 164 Å². The summed E-state index contributed by atoms with van der Waals surface area (Å²) in [7, 11) is 5.58. The highest BCUT2D eigenvalue weighted by Gasteiger charge is 2.76. The van der Waals surface area contributed by atoms with Crippen molar-refractivity contribution < 1.29 is 57.8 Å². The fourth-order valence-corrected chi connectivity index (χ4v) is 7.35. The van der Waals surface area contributed by atoms with Crippen LogP contribution in [0.1, 0.15) is 53.8 Å². The van der Waals surface area contributed by atoms with Gasteiger partial charge in [0.05, 0.1) is 45.5 Å². The first-order valence-corrected chi connectivity index (χ1v) is 15.5. The molecule has 48 heavy (non-hydrogen) atoms. The number of aliphatic hydroxyl groups is 1. The largest absolute Gasteiger partial charge is 0.505 e. The first-order chi connectivity index (χ1) is 22.8. The van der Waals surface area contributed by atoms with Gasteiger partial charge in [0.2, 0.25) is 11.4 Å². The number of phenolic OH excluding ortho intramolecular Hbond substituents is 1. The van der Waals surface area contributed by atoms with Gasteiger partial charge in [-0.3, -0.25) is 19.2 Å². The van der Waals surface area contributed by atoms with Gasteiger partial charge < -0.3 is 38.6 Å². The number of fused-ring (bicyclic) bond motifs is 3. The minimum absolute atomic E-state index is 0.00426. The van der Waals surface area contributed by atoms with Crippen molar-refractivity contribution in [3.05, 3.63) is 44.6 Å². The van der Waals surface area contributed by atoms with Gasteiger partial charge in [-0.2, -0.15) is 0 Å². The van der Waals surface area contributed by atoms with E-state index in [1.54, 1.807) is 13.8 Å². The van der Waals surface area contributed by atoms with Crippen molar-refractivity contribution >= 4 is 46.8 Å². The van der Waals surface area contributed by atoms with Crippen molar-refractivity contribution in [3.8, 4) is 46.3 Å². The molecule has 1 fully saturated rings. The molecule has 2 aliphatic carbocycles. The van der Waals surface area contributed by atoms with E-state index >= 15 is 0 Å². The Balaban J connectivity index is 0.000000271. The first kappa shape index (κ1) is 34.9. The number of benzene rings is 2. The molecule has 5 atom stereocenters. The molecule has 1 spiro atoms. The summed E-state index contributed by atoms with van der Waals surface area (Å²) >= 11 is 12.2. The Kier molecular flexibility index (Phi) is 9.36. The molecule has 12 nitrogen and oxygen atoms in total. The molecule has 0 saturated heterocycles. The number of aromatic hydroxyl groups is 1. The molecule has 0 bridgehead atoms. The third-order valence-electron chi connectivity index (χ3n) is 9.12. The van der Waals surface area contributed by atoms with Crippen LogP contribution in [0.3, 0.4) is 0 Å². The molecule has 0 radical (unpaired) electrons. The third-order valence-corrected chi connectivity index (χ3v) is 9.85. The minimum Gasteiger partial charge on any atom is -0.505 e. The number of hydrogen-bond donors (Lipinski definition) is 2. The smallest absolute Gasteiger partial charge is 0.267 e. The molecule has 6 rings (SSSR count). The van der Waals surface area contributed by atoms with Crippen LogP contribution in [-0.4, -0.2) is 73.7 Å². The van der Waals surface area contributed by atoms with Gasteiger partial charge >= 0.3 is 0 Å². The second-order valence-electron chi connectivity index (χ2n) is 11.5. The minimum atomic E-state index is -2.43. The van der Waals surface area contributed by atoms with Gasteiger partial charge in [0.1, 0.15) is 44.4 Å². The number of methoxy groups -OCH3 is 4. The molecule has 2 aromatic carbocycles. The molecule has 0 amide bonds. The molecule has 2 aromatic rings. The number of carbonyl (C=O) groups is 4. The first-order valence-electron chi connectivity index (χ1n) is 14.7. The molecular formula is C34H32Cl2O12. The zero-order valence-electron chi connectivity index (χ0n) is 26.8. The van der Waals surface area contributed by atoms with Crippen LogP contribution in [0.4, 0.5) is 0 Å². The lowest BCUT2D eigenvalue weighted by Gasteiger charge is -2.55. The predicted octanol–water partition coefficient (Wildman–Crippen LogP) is 4.75. The van der Waals surface area contributed by atoms with E-state index in [9.17, 15) is 29.4 Å². The number of Topliss-reactive ketones (excluding diaryl/α,β-unsaturated/α-hetero) is 3. The highest BCUT2D eigenvalue weighted by atomic mass is 35.5. The number of carbonyl (C=O) groups excluding carboxylic acids is 4. The average molecular weight is 704 g/mol. The molecule has 254 valence electrons. The lowest BCUT2D eigenvalue weighted by Crippen LogP contribution is -2.74. The summed E-state index contributed by atoms with van der Waals surface area (Å²) in [5, 5.41) is 21.7. The Bertz CT molecular complexity index is 1840. The summed E-state index contributed by atoms with van der Waals surface area (Å²) in [4.78, 5) is 50.8. The number of ether oxygens (including phenoxy) is 6. The fraction of sp³-hybridized carbons (Fsp3) is 0.412. The normalized spacial score (nSPS) is 26.7.